The number of methoxy groups -OCH3 is 3. The van der Waals surface area contributed by atoms with Crippen LogP contribution in [0.5, 0.6) is 17.2 Å². The standard InChI is InChI=1S/3C18H16O.2C2H6/c1-13-5-3-8-18-16(13)6-4-7-17(18)14-9-11-15(19-2)12-10-14;1-13-10-11-17(18-9-4-3-8-16(13)18)14-6-5-7-15(12-14)19-2;1-13-7-12-17(18-6-4-3-5-16(13)18)14-8-10-15(19-2)11-9-14;2*1-2/h3*3-12H,1-2H3;2*1-2H3. The summed E-state index contributed by atoms with van der Waals surface area (Å²) in [5.41, 5.74) is 11.3. The molecule has 0 bridgehead atoms. The van der Waals surface area contributed by atoms with Gasteiger partial charge in [-0.2, -0.15) is 0 Å². The van der Waals surface area contributed by atoms with Gasteiger partial charge in [0.15, 0.2) is 0 Å². The first-order chi connectivity index (χ1) is 29.9. The van der Waals surface area contributed by atoms with Gasteiger partial charge in [0.05, 0.1) is 21.3 Å². The van der Waals surface area contributed by atoms with Crippen molar-refractivity contribution in [1.29, 1.82) is 0 Å². The second-order valence-electron chi connectivity index (χ2n) is 14.1. The Kier molecular flexibility index (Phi) is 16.7. The molecule has 0 saturated heterocycles. The van der Waals surface area contributed by atoms with E-state index >= 15 is 0 Å². The number of rotatable bonds is 6. The highest BCUT2D eigenvalue weighted by Gasteiger charge is 2.08. The van der Waals surface area contributed by atoms with Crippen LogP contribution >= 0.6 is 0 Å². The van der Waals surface area contributed by atoms with Gasteiger partial charge < -0.3 is 14.2 Å². The Morgan fingerprint density at radius 2 is 0.607 bits per heavy atom. The highest BCUT2D eigenvalue weighted by Crippen LogP contribution is 2.34. The zero-order valence-corrected chi connectivity index (χ0v) is 37.5. The quantitative estimate of drug-likeness (QED) is 0.168. The van der Waals surface area contributed by atoms with Crippen LogP contribution < -0.4 is 14.2 Å². The number of ether oxygens (including phenoxy) is 3. The zero-order chi connectivity index (χ0) is 43.7. The third-order valence-corrected chi connectivity index (χ3v) is 10.6. The Morgan fingerprint density at radius 3 is 1.07 bits per heavy atom. The zero-order valence-electron chi connectivity index (χ0n) is 37.5. The third-order valence-electron chi connectivity index (χ3n) is 10.6. The van der Waals surface area contributed by atoms with Gasteiger partial charge in [0.1, 0.15) is 17.2 Å². The third kappa shape index (κ3) is 10.9. The Hall–Kier alpha value is -6.84. The second-order valence-corrected chi connectivity index (χ2v) is 14.1. The Bertz CT molecular complexity index is 2680. The van der Waals surface area contributed by atoms with E-state index in [1.807, 2.05) is 64.1 Å². The molecule has 0 N–H and O–H groups in total. The average Bonchev–Trinajstić information content (AvgIpc) is 3.34. The molecule has 9 aromatic carbocycles. The number of hydrogen-bond donors (Lipinski definition) is 0. The fourth-order valence-electron chi connectivity index (χ4n) is 7.45. The maximum absolute atomic E-state index is 5.31. The molecule has 0 amide bonds. The topological polar surface area (TPSA) is 27.7 Å². The highest BCUT2D eigenvalue weighted by atomic mass is 16.5. The molecule has 3 nitrogen and oxygen atoms in total. The summed E-state index contributed by atoms with van der Waals surface area (Å²) in [7, 11) is 5.08. The number of benzene rings is 9. The van der Waals surface area contributed by atoms with Crippen LogP contribution in [0, 0.1) is 20.8 Å². The molecule has 61 heavy (non-hydrogen) atoms. The van der Waals surface area contributed by atoms with Crippen molar-refractivity contribution in [2.24, 2.45) is 0 Å². The largest absolute Gasteiger partial charge is 0.497 e. The van der Waals surface area contributed by atoms with E-state index in [1.54, 1.807) is 21.3 Å². The summed E-state index contributed by atoms with van der Waals surface area (Å²) in [6.07, 6.45) is 0. The lowest BCUT2D eigenvalue weighted by Gasteiger charge is -2.10. The summed E-state index contributed by atoms with van der Waals surface area (Å²) >= 11 is 0. The highest BCUT2D eigenvalue weighted by molar-refractivity contribution is 6.00. The van der Waals surface area contributed by atoms with Gasteiger partial charge in [-0.15, -0.1) is 0 Å². The lowest BCUT2D eigenvalue weighted by atomic mass is 9.95. The minimum Gasteiger partial charge on any atom is -0.497 e. The molecule has 0 fully saturated rings. The molecular weight excluding hydrogens is 745 g/mol. The number of hydrogen-bond acceptors (Lipinski definition) is 3. The Morgan fingerprint density at radius 1 is 0.262 bits per heavy atom. The van der Waals surface area contributed by atoms with Gasteiger partial charge in [-0.1, -0.05) is 173 Å². The first-order valence-electron chi connectivity index (χ1n) is 21.3. The molecule has 0 atom stereocenters. The first-order valence-corrected chi connectivity index (χ1v) is 21.3. The maximum Gasteiger partial charge on any atom is 0.119 e. The van der Waals surface area contributed by atoms with Gasteiger partial charge in [0, 0.05) is 0 Å². The average molecular weight is 805 g/mol. The van der Waals surface area contributed by atoms with Crippen LogP contribution in [-0.2, 0) is 0 Å². The summed E-state index contributed by atoms with van der Waals surface area (Å²) in [4.78, 5) is 0. The Balaban J connectivity index is 0.000000166. The molecular formula is C58H60O3. The fourth-order valence-corrected chi connectivity index (χ4v) is 7.45. The molecule has 0 aliphatic carbocycles. The van der Waals surface area contributed by atoms with E-state index in [9.17, 15) is 0 Å². The molecule has 0 heterocycles. The van der Waals surface area contributed by atoms with Crippen molar-refractivity contribution >= 4 is 32.3 Å². The summed E-state index contributed by atoms with van der Waals surface area (Å²) in [6.45, 7) is 14.5. The van der Waals surface area contributed by atoms with Gasteiger partial charge in [-0.3, -0.25) is 0 Å². The molecule has 310 valence electrons. The van der Waals surface area contributed by atoms with Gasteiger partial charge >= 0.3 is 0 Å². The summed E-state index contributed by atoms with van der Waals surface area (Å²) < 4.78 is 15.7. The van der Waals surface area contributed by atoms with E-state index < -0.39 is 0 Å². The van der Waals surface area contributed by atoms with Crippen LogP contribution in [0.2, 0.25) is 0 Å². The summed E-state index contributed by atoms with van der Waals surface area (Å²) in [5.74, 6) is 2.67. The SMILES string of the molecule is CC.CC.COc1ccc(-c2ccc(C)c3ccccc23)cc1.COc1ccc(-c2cccc3c(C)cccc23)cc1.COc1cccc(-c2ccc(C)c3ccccc23)c1. The van der Waals surface area contributed by atoms with Crippen molar-refractivity contribution in [2.45, 2.75) is 48.5 Å². The van der Waals surface area contributed by atoms with E-state index in [0.29, 0.717) is 0 Å². The van der Waals surface area contributed by atoms with E-state index in [2.05, 4.69) is 166 Å². The molecule has 0 saturated carbocycles. The van der Waals surface area contributed by atoms with Crippen molar-refractivity contribution in [1.82, 2.24) is 0 Å². The molecule has 9 rings (SSSR count). The first kappa shape index (κ1) is 45.2. The molecule has 0 radical (unpaired) electrons. The van der Waals surface area contributed by atoms with E-state index in [1.165, 1.54) is 82.4 Å². The van der Waals surface area contributed by atoms with Crippen LogP contribution in [0.25, 0.3) is 65.7 Å². The van der Waals surface area contributed by atoms with Crippen LogP contribution in [-0.4, -0.2) is 21.3 Å². The second kappa shape index (κ2) is 22.5. The predicted octanol–water partition coefficient (Wildman–Crippen LogP) is 16.5. The van der Waals surface area contributed by atoms with Crippen molar-refractivity contribution < 1.29 is 14.2 Å². The summed E-state index contributed by atoms with van der Waals surface area (Å²) in [6, 6.07) is 63.4. The molecule has 0 unspecified atom stereocenters. The molecule has 0 aliphatic rings. The van der Waals surface area contributed by atoms with Crippen molar-refractivity contribution in [3.05, 3.63) is 199 Å². The van der Waals surface area contributed by atoms with Crippen LogP contribution in [0.4, 0.5) is 0 Å². The van der Waals surface area contributed by atoms with Gasteiger partial charge in [-0.05, 0) is 140 Å². The minimum atomic E-state index is 0.889. The lowest BCUT2D eigenvalue weighted by Crippen LogP contribution is -1.86. The van der Waals surface area contributed by atoms with Crippen LogP contribution in [0.1, 0.15) is 44.4 Å². The smallest absolute Gasteiger partial charge is 0.119 e. The Labute approximate surface area is 364 Å². The molecule has 0 aliphatic heterocycles. The summed E-state index contributed by atoms with van der Waals surface area (Å²) in [5, 5.41) is 7.82. The maximum atomic E-state index is 5.31. The van der Waals surface area contributed by atoms with E-state index in [4.69, 9.17) is 14.2 Å². The number of aryl methyl sites for hydroxylation is 3. The van der Waals surface area contributed by atoms with Crippen LogP contribution in [0.15, 0.2) is 182 Å². The fraction of sp³-hybridized carbons (Fsp3) is 0.172. The van der Waals surface area contributed by atoms with Crippen molar-refractivity contribution in [2.75, 3.05) is 21.3 Å². The van der Waals surface area contributed by atoms with Crippen LogP contribution in [0.3, 0.4) is 0 Å². The van der Waals surface area contributed by atoms with E-state index in [0.717, 1.165) is 17.2 Å². The molecule has 9 aromatic rings. The molecule has 3 heteroatoms. The molecule has 0 spiro atoms. The molecule has 0 aromatic heterocycles. The van der Waals surface area contributed by atoms with Gasteiger partial charge in [-0.25, -0.2) is 0 Å². The normalized spacial score (nSPS) is 10.1. The predicted molar refractivity (Wildman–Crippen MR) is 265 cm³/mol. The van der Waals surface area contributed by atoms with Gasteiger partial charge in [0.25, 0.3) is 0 Å². The van der Waals surface area contributed by atoms with E-state index in [-0.39, 0.29) is 0 Å². The number of fused-ring (bicyclic) bond motifs is 3. The van der Waals surface area contributed by atoms with Gasteiger partial charge in [0.2, 0.25) is 0 Å². The van der Waals surface area contributed by atoms with Crippen molar-refractivity contribution in [3.63, 3.8) is 0 Å². The monoisotopic (exact) mass is 804 g/mol. The van der Waals surface area contributed by atoms with Crippen molar-refractivity contribution in [3.8, 4) is 50.6 Å². The lowest BCUT2D eigenvalue weighted by molar-refractivity contribution is 0.415. The minimum absolute atomic E-state index is 0.889.